The smallest absolute Gasteiger partial charge is 0.258 e. The van der Waals surface area contributed by atoms with Gasteiger partial charge >= 0.3 is 0 Å². The second-order valence-electron chi connectivity index (χ2n) is 4.74. The zero-order valence-corrected chi connectivity index (χ0v) is 12.2. The van der Waals surface area contributed by atoms with Crippen molar-refractivity contribution in [1.82, 2.24) is 9.88 Å². The molecule has 5 heteroatoms. The minimum atomic E-state index is -0.163. The Balaban J connectivity index is 1.95. The molecule has 0 saturated heterocycles. The predicted molar refractivity (Wildman–Crippen MR) is 82.3 cm³/mol. The number of aromatic nitrogens is 1. The van der Waals surface area contributed by atoms with Gasteiger partial charge in [0.15, 0.2) is 0 Å². The number of rotatable bonds is 7. The Kier molecular flexibility index (Phi) is 5.51. The first-order valence-corrected chi connectivity index (χ1v) is 7.15. The number of hydrogen-bond acceptors (Lipinski definition) is 3. The molecule has 21 heavy (non-hydrogen) atoms. The van der Waals surface area contributed by atoms with Gasteiger partial charge in [-0.1, -0.05) is 18.2 Å². The summed E-state index contributed by atoms with van der Waals surface area (Å²) >= 11 is 0. The Morgan fingerprint density at radius 2 is 2.10 bits per heavy atom. The van der Waals surface area contributed by atoms with E-state index < -0.39 is 0 Å². The molecule has 0 spiro atoms. The van der Waals surface area contributed by atoms with Gasteiger partial charge in [-0.25, -0.2) is 0 Å². The van der Waals surface area contributed by atoms with E-state index in [4.69, 9.17) is 4.74 Å². The standard InChI is InChI=1S/C16H20N2O3/c1-2-21-11-5-9-17-15(19)12-18-10-8-13-6-3-4-7-14(13)16(18)20/h3-4,6-8,10H,2,5,9,11-12H2,1H3,(H,17,19). The van der Waals surface area contributed by atoms with Crippen LogP contribution in [0.5, 0.6) is 0 Å². The van der Waals surface area contributed by atoms with Gasteiger partial charge < -0.3 is 14.6 Å². The van der Waals surface area contributed by atoms with Crippen LogP contribution in [0.25, 0.3) is 10.8 Å². The number of carbonyl (C=O) groups excluding carboxylic acids is 1. The molecule has 2 aromatic rings. The molecule has 0 aliphatic carbocycles. The summed E-state index contributed by atoms with van der Waals surface area (Å²) in [6, 6.07) is 9.21. The lowest BCUT2D eigenvalue weighted by molar-refractivity contribution is -0.121. The highest BCUT2D eigenvalue weighted by Crippen LogP contribution is 2.07. The van der Waals surface area contributed by atoms with Crippen molar-refractivity contribution < 1.29 is 9.53 Å². The number of pyridine rings is 1. The highest BCUT2D eigenvalue weighted by Gasteiger charge is 2.06. The fraction of sp³-hybridized carbons (Fsp3) is 0.375. The molecule has 0 atom stereocenters. The summed E-state index contributed by atoms with van der Waals surface area (Å²) in [5, 5.41) is 4.30. The molecule has 0 radical (unpaired) electrons. The van der Waals surface area contributed by atoms with Gasteiger partial charge in [0.2, 0.25) is 5.91 Å². The average Bonchev–Trinajstić information content (AvgIpc) is 2.50. The number of nitrogens with one attached hydrogen (secondary N) is 1. The fourth-order valence-electron chi connectivity index (χ4n) is 2.11. The second kappa shape index (κ2) is 7.59. The van der Waals surface area contributed by atoms with Gasteiger partial charge in [-0.3, -0.25) is 9.59 Å². The number of ether oxygens (including phenoxy) is 1. The third-order valence-electron chi connectivity index (χ3n) is 3.19. The van der Waals surface area contributed by atoms with Gasteiger partial charge in [-0.15, -0.1) is 0 Å². The van der Waals surface area contributed by atoms with E-state index >= 15 is 0 Å². The first kappa shape index (κ1) is 15.3. The minimum absolute atomic E-state index is 0.0400. The molecule has 1 heterocycles. The van der Waals surface area contributed by atoms with Crippen LogP contribution < -0.4 is 10.9 Å². The van der Waals surface area contributed by atoms with Crippen molar-refractivity contribution in [2.75, 3.05) is 19.8 Å². The van der Waals surface area contributed by atoms with Crippen molar-refractivity contribution in [1.29, 1.82) is 0 Å². The van der Waals surface area contributed by atoms with Crippen LogP contribution in [0, 0.1) is 0 Å². The van der Waals surface area contributed by atoms with Crippen LogP contribution >= 0.6 is 0 Å². The van der Waals surface area contributed by atoms with Crippen LogP contribution in [-0.4, -0.2) is 30.2 Å². The van der Waals surface area contributed by atoms with Crippen molar-refractivity contribution in [2.24, 2.45) is 0 Å². The third-order valence-corrected chi connectivity index (χ3v) is 3.19. The number of benzene rings is 1. The first-order chi connectivity index (χ1) is 10.2. The summed E-state index contributed by atoms with van der Waals surface area (Å²) in [6.07, 6.45) is 2.43. The Labute approximate surface area is 123 Å². The van der Waals surface area contributed by atoms with E-state index in [2.05, 4.69) is 5.32 Å². The summed E-state index contributed by atoms with van der Waals surface area (Å²) in [4.78, 5) is 24.1. The second-order valence-corrected chi connectivity index (χ2v) is 4.74. The molecule has 5 nitrogen and oxygen atoms in total. The van der Waals surface area contributed by atoms with Crippen LogP contribution in [0.4, 0.5) is 0 Å². The monoisotopic (exact) mass is 288 g/mol. The quantitative estimate of drug-likeness (QED) is 0.786. The van der Waals surface area contributed by atoms with Crippen molar-refractivity contribution >= 4 is 16.7 Å². The minimum Gasteiger partial charge on any atom is -0.382 e. The SMILES string of the molecule is CCOCCCNC(=O)Cn1ccc2ccccc2c1=O. The number of fused-ring (bicyclic) bond motifs is 1. The molecule has 1 aromatic carbocycles. The van der Waals surface area contributed by atoms with E-state index in [1.165, 1.54) is 4.57 Å². The first-order valence-electron chi connectivity index (χ1n) is 7.15. The normalized spacial score (nSPS) is 10.7. The molecule has 0 aliphatic rings. The Morgan fingerprint density at radius 3 is 2.90 bits per heavy atom. The lowest BCUT2D eigenvalue weighted by Crippen LogP contribution is -2.32. The molecule has 0 bridgehead atoms. The summed E-state index contributed by atoms with van der Waals surface area (Å²) in [5.74, 6) is -0.163. The van der Waals surface area contributed by atoms with Crippen LogP contribution in [0.2, 0.25) is 0 Å². The van der Waals surface area contributed by atoms with Gasteiger partial charge in [0.1, 0.15) is 6.54 Å². The molecule has 0 unspecified atom stereocenters. The maximum absolute atomic E-state index is 12.2. The van der Waals surface area contributed by atoms with Crippen LogP contribution in [0.15, 0.2) is 41.3 Å². The van der Waals surface area contributed by atoms with Gasteiger partial charge in [-0.05, 0) is 30.9 Å². The largest absolute Gasteiger partial charge is 0.382 e. The summed E-state index contributed by atoms with van der Waals surface area (Å²) in [7, 11) is 0. The van der Waals surface area contributed by atoms with E-state index in [0.29, 0.717) is 25.1 Å². The molecule has 0 fully saturated rings. The van der Waals surface area contributed by atoms with Gasteiger partial charge in [-0.2, -0.15) is 0 Å². The fourth-order valence-corrected chi connectivity index (χ4v) is 2.11. The van der Waals surface area contributed by atoms with E-state index in [9.17, 15) is 9.59 Å². The van der Waals surface area contributed by atoms with Crippen molar-refractivity contribution in [3.63, 3.8) is 0 Å². The molecule has 2 rings (SSSR count). The number of hydrogen-bond donors (Lipinski definition) is 1. The van der Waals surface area contributed by atoms with E-state index in [1.54, 1.807) is 12.3 Å². The molecule has 1 aromatic heterocycles. The molecular weight excluding hydrogens is 268 g/mol. The summed E-state index contributed by atoms with van der Waals surface area (Å²) in [5.41, 5.74) is -0.141. The summed E-state index contributed by atoms with van der Waals surface area (Å²) < 4.78 is 6.63. The zero-order valence-electron chi connectivity index (χ0n) is 12.2. The number of amides is 1. The maximum atomic E-state index is 12.2. The molecule has 112 valence electrons. The van der Waals surface area contributed by atoms with Gasteiger partial charge in [0, 0.05) is 31.3 Å². The Bertz CT molecular complexity index is 664. The lowest BCUT2D eigenvalue weighted by Gasteiger charge is -2.08. The van der Waals surface area contributed by atoms with E-state index in [1.807, 2.05) is 31.2 Å². The Morgan fingerprint density at radius 1 is 1.29 bits per heavy atom. The molecule has 0 aliphatic heterocycles. The van der Waals surface area contributed by atoms with Crippen LogP contribution in [0.3, 0.4) is 0 Å². The predicted octanol–water partition coefficient (Wildman–Crippen LogP) is 1.54. The summed E-state index contributed by atoms with van der Waals surface area (Å²) in [6.45, 7) is 3.84. The van der Waals surface area contributed by atoms with E-state index in [-0.39, 0.29) is 18.0 Å². The van der Waals surface area contributed by atoms with Crippen LogP contribution in [-0.2, 0) is 16.1 Å². The highest BCUT2D eigenvalue weighted by molar-refractivity contribution is 5.82. The molecule has 1 N–H and O–H groups in total. The van der Waals surface area contributed by atoms with Crippen LogP contribution in [0.1, 0.15) is 13.3 Å². The molecular formula is C16H20N2O3. The third kappa shape index (κ3) is 4.16. The topological polar surface area (TPSA) is 60.3 Å². The molecule has 0 saturated carbocycles. The lowest BCUT2D eigenvalue weighted by atomic mass is 10.2. The van der Waals surface area contributed by atoms with Crippen molar-refractivity contribution in [3.05, 3.63) is 46.9 Å². The average molecular weight is 288 g/mol. The van der Waals surface area contributed by atoms with Crippen molar-refractivity contribution in [2.45, 2.75) is 19.9 Å². The zero-order chi connectivity index (χ0) is 15.1. The van der Waals surface area contributed by atoms with Gasteiger partial charge in [0.25, 0.3) is 5.56 Å². The Hall–Kier alpha value is -2.14. The maximum Gasteiger partial charge on any atom is 0.258 e. The number of carbonyl (C=O) groups is 1. The van der Waals surface area contributed by atoms with E-state index in [0.717, 1.165) is 11.8 Å². The highest BCUT2D eigenvalue weighted by atomic mass is 16.5. The number of nitrogens with zero attached hydrogens (tertiary/aromatic N) is 1. The van der Waals surface area contributed by atoms with Crippen molar-refractivity contribution in [3.8, 4) is 0 Å². The van der Waals surface area contributed by atoms with Gasteiger partial charge in [0.05, 0.1) is 0 Å². The molecule has 1 amide bonds.